The highest BCUT2D eigenvalue weighted by molar-refractivity contribution is 6.72. The second-order valence-electron chi connectivity index (χ2n) is 13.1. The molecule has 3 fully saturated rings. The molecule has 0 bridgehead atoms. The molecule has 1 N–H and O–H groups in total. The van der Waals surface area contributed by atoms with Crippen LogP contribution in [0.1, 0.15) is 50.7 Å². The van der Waals surface area contributed by atoms with Gasteiger partial charge in [-0.05, 0) is 49.7 Å². The van der Waals surface area contributed by atoms with Crippen LogP contribution in [-0.2, 0) is 40.8 Å². The van der Waals surface area contributed by atoms with Crippen LogP contribution in [0.2, 0.25) is 18.6 Å². The first kappa shape index (κ1) is 31.4. The molecule has 1 spiro atoms. The molecule has 4 heterocycles. The van der Waals surface area contributed by atoms with E-state index in [1.54, 1.807) is 35.0 Å². The van der Waals surface area contributed by atoms with Crippen LogP contribution in [0.3, 0.4) is 0 Å². The Balaban J connectivity index is 1.27. The van der Waals surface area contributed by atoms with Gasteiger partial charge in [-0.1, -0.05) is 37.3 Å². The number of fused-ring (bicyclic) bond motifs is 2. The number of nitrogens with zero attached hydrogens (tertiary/aromatic N) is 3. The molecule has 4 aliphatic rings. The predicted octanol–water partition coefficient (Wildman–Crippen LogP) is 4.01. The number of anilines is 2. The van der Waals surface area contributed by atoms with Gasteiger partial charge in [0, 0.05) is 36.2 Å². The summed E-state index contributed by atoms with van der Waals surface area (Å²) in [6, 6.07) is 14.3. The van der Waals surface area contributed by atoms with E-state index in [0.29, 0.717) is 23.5 Å². The van der Waals surface area contributed by atoms with Crippen LogP contribution in [0.25, 0.3) is 0 Å². The van der Waals surface area contributed by atoms with Crippen LogP contribution in [0.15, 0.2) is 48.5 Å². The third-order valence-electron chi connectivity index (χ3n) is 9.92. The highest BCUT2D eigenvalue weighted by Gasteiger charge is 2.67. The summed E-state index contributed by atoms with van der Waals surface area (Å²) in [7, 11) is -3.44. The summed E-state index contributed by atoms with van der Waals surface area (Å²) in [5.41, 5.74) is 0.690. The highest BCUT2D eigenvalue weighted by Crippen LogP contribution is 2.60. The summed E-state index contributed by atoms with van der Waals surface area (Å²) in [6.45, 7) is 7.03. The number of hydrogen-bond acceptors (Lipinski definition) is 7. The van der Waals surface area contributed by atoms with Gasteiger partial charge in [-0.15, -0.1) is 0 Å². The Kier molecular flexibility index (Phi) is 8.11. The van der Waals surface area contributed by atoms with Crippen LogP contribution < -0.4 is 9.80 Å². The Bertz CT molecular complexity index is 1510. The topological polar surface area (TPSA) is 117 Å². The second-order valence-corrected chi connectivity index (χ2v) is 16.9. The fourth-order valence-electron chi connectivity index (χ4n) is 7.93. The van der Waals surface area contributed by atoms with Gasteiger partial charge in [-0.25, -0.2) is 0 Å². The fourth-order valence-corrected chi connectivity index (χ4v) is 10.4. The van der Waals surface area contributed by atoms with Gasteiger partial charge in [0.15, 0.2) is 11.8 Å². The van der Waals surface area contributed by atoms with Gasteiger partial charge in [-0.2, -0.15) is 0 Å². The summed E-state index contributed by atoms with van der Waals surface area (Å²) in [5.74, 6) is -1.61. The molecule has 12 heteroatoms. The minimum Gasteiger partial charge on any atom is -0.441 e. The van der Waals surface area contributed by atoms with Gasteiger partial charge in [0.1, 0.15) is 0 Å². The number of aliphatic hydroxyl groups excluding tert-OH is 1. The molecule has 2 aromatic rings. The van der Waals surface area contributed by atoms with Crippen LogP contribution in [-0.4, -0.2) is 73.6 Å². The maximum Gasteiger partial charge on any atom is 0.304 e. The van der Waals surface area contributed by atoms with E-state index in [4.69, 9.17) is 9.47 Å². The van der Waals surface area contributed by atoms with Gasteiger partial charge in [0.05, 0.1) is 43.8 Å². The SMILES string of the molecule is CC(=O)OC1CC(=O)N1c1ccc(CN2C(=O)[C@]3(O[C@H](CC(=O)N4CCC[C@H]4CO)[C@@H]([Si](C)(C)F)[C@@H]3C)c3ccccc32)cc1. The molecule has 10 nitrogen and oxygen atoms in total. The van der Waals surface area contributed by atoms with Gasteiger partial charge in [0.25, 0.3) is 5.91 Å². The molecule has 0 aliphatic carbocycles. The minimum atomic E-state index is -3.44. The Hall–Kier alpha value is -3.61. The van der Waals surface area contributed by atoms with Crippen molar-refractivity contribution >= 4 is 43.5 Å². The molecule has 2 aromatic carbocycles. The van der Waals surface area contributed by atoms with Crippen molar-refractivity contribution < 1.29 is 37.9 Å². The van der Waals surface area contributed by atoms with Gasteiger partial charge in [-0.3, -0.25) is 24.1 Å². The van der Waals surface area contributed by atoms with E-state index in [9.17, 15) is 24.3 Å². The van der Waals surface area contributed by atoms with Crippen molar-refractivity contribution in [3.63, 3.8) is 0 Å². The molecule has 3 saturated heterocycles. The second kappa shape index (κ2) is 11.6. The predicted molar refractivity (Wildman–Crippen MR) is 166 cm³/mol. The Morgan fingerprint density at radius 1 is 1.13 bits per heavy atom. The smallest absolute Gasteiger partial charge is 0.304 e. The van der Waals surface area contributed by atoms with Crippen molar-refractivity contribution in [3.05, 3.63) is 59.7 Å². The first-order chi connectivity index (χ1) is 21.4. The van der Waals surface area contributed by atoms with Crippen LogP contribution in [0.5, 0.6) is 0 Å². The number of para-hydroxylation sites is 1. The lowest BCUT2D eigenvalue weighted by Gasteiger charge is -2.39. The normalized spacial score (nSPS) is 29.4. The standard InChI is InChI=1S/C33H40FN3O7Si/c1-20-31(45(3,4)34)27(16-28(40)35-15-7-8-24(35)19-38)44-33(20)25-9-5-6-10-26(25)36(32(33)42)18-22-11-13-23(14-12-22)37-29(41)17-30(37)43-21(2)39/h5-6,9-14,20,24,27,30-31,38H,7-8,15-19H2,1-4H3/t20-,24-,27+,30?,31-,33+/m0/s1. The number of carbonyl (C=O) groups excluding carboxylic acids is 4. The summed E-state index contributed by atoms with van der Waals surface area (Å²) in [5, 5.41) is 9.78. The summed E-state index contributed by atoms with van der Waals surface area (Å²) < 4.78 is 28.1. The number of β-lactam (4-membered cyclic amide) rings is 1. The van der Waals surface area contributed by atoms with E-state index in [0.717, 1.165) is 18.4 Å². The summed E-state index contributed by atoms with van der Waals surface area (Å²) in [4.78, 5) is 56.4. The molecular formula is C33H40FN3O7Si. The molecule has 0 radical (unpaired) electrons. The van der Waals surface area contributed by atoms with E-state index >= 15 is 4.11 Å². The average Bonchev–Trinajstić information content (AvgIpc) is 3.64. The molecule has 4 aliphatic heterocycles. The average molecular weight is 638 g/mol. The molecule has 3 amide bonds. The number of carbonyl (C=O) groups is 4. The number of benzene rings is 2. The first-order valence-corrected chi connectivity index (χ1v) is 18.6. The fraction of sp³-hybridized carbons (Fsp3) is 0.515. The van der Waals surface area contributed by atoms with Crippen molar-refractivity contribution in [1.29, 1.82) is 0 Å². The van der Waals surface area contributed by atoms with Crippen LogP contribution in [0, 0.1) is 5.92 Å². The molecule has 1 unspecified atom stereocenters. The van der Waals surface area contributed by atoms with Gasteiger partial charge < -0.3 is 28.5 Å². The Labute approximate surface area is 263 Å². The largest absolute Gasteiger partial charge is 0.441 e. The molecule has 240 valence electrons. The van der Waals surface area contributed by atoms with E-state index < -0.39 is 43.8 Å². The molecule has 6 rings (SSSR count). The number of ether oxygens (including phenoxy) is 2. The van der Waals surface area contributed by atoms with E-state index in [2.05, 4.69) is 0 Å². The summed E-state index contributed by atoms with van der Waals surface area (Å²) >= 11 is 0. The van der Waals surface area contributed by atoms with Crippen molar-refractivity contribution in [2.24, 2.45) is 5.92 Å². The number of amides is 3. The zero-order valence-electron chi connectivity index (χ0n) is 26.1. The van der Waals surface area contributed by atoms with Crippen molar-refractivity contribution in [2.45, 2.75) is 88.7 Å². The lowest BCUT2D eigenvalue weighted by atomic mass is 9.82. The van der Waals surface area contributed by atoms with E-state index in [1.165, 1.54) is 11.8 Å². The van der Waals surface area contributed by atoms with Crippen molar-refractivity contribution in [2.75, 3.05) is 23.0 Å². The molecule has 0 saturated carbocycles. The Morgan fingerprint density at radius 3 is 2.49 bits per heavy atom. The third-order valence-corrected chi connectivity index (χ3v) is 12.4. The van der Waals surface area contributed by atoms with Gasteiger partial charge in [0.2, 0.25) is 20.2 Å². The van der Waals surface area contributed by atoms with Crippen LogP contribution >= 0.6 is 0 Å². The quantitative estimate of drug-likeness (QED) is 0.201. The zero-order chi connectivity index (χ0) is 32.3. The number of rotatable bonds is 8. The highest BCUT2D eigenvalue weighted by atomic mass is 28.4. The van der Waals surface area contributed by atoms with Crippen molar-refractivity contribution in [3.8, 4) is 0 Å². The Morgan fingerprint density at radius 2 is 1.84 bits per heavy atom. The lowest BCUT2D eigenvalue weighted by Crippen LogP contribution is -2.54. The number of aliphatic hydroxyl groups is 1. The van der Waals surface area contributed by atoms with Crippen LogP contribution in [0.4, 0.5) is 15.5 Å². The monoisotopic (exact) mass is 637 g/mol. The third kappa shape index (κ3) is 5.26. The number of hydrogen-bond donors (Lipinski definition) is 1. The maximum absolute atomic E-state index is 16.1. The molecular weight excluding hydrogens is 597 g/mol. The van der Waals surface area contributed by atoms with E-state index in [-0.39, 0.29) is 49.8 Å². The molecule has 0 aromatic heterocycles. The number of esters is 1. The zero-order valence-corrected chi connectivity index (χ0v) is 27.1. The number of halogens is 1. The minimum absolute atomic E-state index is 0.0475. The lowest BCUT2D eigenvalue weighted by molar-refractivity contribution is -0.154. The molecule has 6 atom stereocenters. The summed E-state index contributed by atoms with van der Waals surface area (Å²) in [6.07, 6.45) is 0.197. The molecule has 45 heavy (non-hydrogen) atoms. The number of likely N-dealkylation sites (tertiary alicyclic amines) is 1. The van der Waals surface area contributed by atoms with Gasteiger partial charge >= 0.3 is 5.97 Å². The van der Waals surface area contributed by atoms with Crippen molar-refractivity contribution in [1.82, 2.24) is 4.90 Å². The van der Waals surface area contributed by atoms with E-state index in [1.807, 2.05) is 43.3 Å². The first-order valence-electron chi connectivity index (χ1n) is 15.6. The maximum atomic E-state index is 16.1.